The Kier molecular flexibility index (Phi) is 2.79. The predicted octanol–water partition coefficient (Wildman–Crippen LogP) is 1.68. The van der Waals surface area contributed by atoms with Crippen molar-refractivity contribution in [3.05, 3.63) is 0 Å². The van der Waals surface area contributed by atoms with Crippen LogP contribution in [0.3, 0.4) is 0 Å². The molecule has 1 aliphatic rings. The van der Waals surface area contributed by atoms with Gasteiger partial charge < -0.3 is 10.4 Å². The molecule has 0 radical (unpaired) electrons. The van der Waals surface area contributed by atoms with Crippen LogP contribution in [0.2, 0.25) is 0 Å². The number of aliphatic hydroxyl groups is 1. The van der Waals surface area contributed by atoms with E-state index in [0.717, 1.165) is 13.0 Å². The molecule has 0 bridgehead atoms. The molecule has 0 saturated heterocycles. The van der Waals surface area contributed by atoms with Gasteiger partial charge in [-0.2, -0.15) is 0 Å². The molecule has 2 nitrogen and oxygen atoms in total. The van der Waals surface area contributed by atoms with Crippen molar-refractivity contribution >= 4 is 0 Å². The highest BCUT2D eigenvalue weighted by Crippen LogP contribution is 2.30. The van der Waals surface area contributed by atoms with Crippen LogP contribution in [0.5, 0.6) is 0 Å². The van der Waals surface area contributed by atoms with Crippen molar-refractivity contribution in [1.29, 1.82) is 0 Å². The molecule has 1 fully saturated rings. The first-order valence-electron chi connectivity index (χ1n) is 4.89. The summed E-state index contributed by atoms with van der Waals surface area (Å²) in [6.07, 6.45) is 4.77. The average molecular weight is 171 g/mol. The van der Waals surface area contributed by atoms with Crippen molar-refractivity contribution in [3.63, 3.8) is 0 Å². The Morgan fingerprint density at radius 2 is 2.00 bits per heavy atom. The minimum Gasteiger partial charge on any atom is -0.390 e. The molecule has 0 unspecified atom stereocenters. The van der Waals surface area contributed by atoms with Crippen LogP contribution in [0, 0.1) is 0 Å². The van der Waals surface area contributed by atoms with E-state index in [9.17, 15) is 5.11 Å². The van der Waals surface area contributed by atoms with E-state index in [0.29, 0.717) is 5.54 Å². The molecule has 0 heterocycles. The van der Waals surface area contributed by atoms with Gasteiger partial charge in [-0.15, -0.1) is 0 Å². The molecule has 0 aromatic carbocycles. The van der Waals surface area contributed by atoms with Crippen molar-refractivity contribution in [2.24, 2.45) is 0 Å². The van der Waals surface area contributed by atoms with Crippen LogP contribution in [0.4, 0.5) is 0 Å². The zero-order valence-corrected chi connectivity index (χ0v) is 8.48. The van der Waals surface area contributed by atoms with E-state index in [1.54, 1.807) is 0 Å². The topological polar surface area (TPSA) is 32.3 Å². The fourth-order valence-electron chi connectivity index (χ4n) is 1.55. The number of nitrogens with one attached hydrogen (secondary N) is 1. The summed E-state index contributed by atoms with van der Waals surface area (Å²) in [7, 11) is 0. The van der Waals surface area contributed by atoms with Gasteiger partial charge in [-0.25, -0.2) is 0 Å². The third-order valence-electron chi connectivity index (χ3n) is 2.75. The molecule has 0 aliphatic heterocycles. The lowest BCUT2D eigenvalue weighted by atomic mass is 9.78. The Morgan fingerprint density at radius 1 is 1.42 bits per heavy atom. The quantitative estimate of drug-likeness (QED) is 0.674. The van der Waals surface area contributed by atoms with Crippen LogP contribution in [-0.4, -0.2) is 22.8 Å². The highest BCUT2D eigenvalue weighted by atomic mass is 16.3. The van der Waals surface area contributed by atoms with Gasteiger partial charge in [0, 0.05) is 5.54 Å². The van der Waals surface area contributed by atoms with Crippen molar-refractivity contribution in [2.75, 3.05) is 6.54 Å². The summed E-state index contributed by atoms with van der Waals surface area (Å²) in [5.41, 5.74) is -0.141. The summed E-state index contributed by atoms with van der Waals surface area (Å²) in [5, 5.41) is 13.0. The summed E-state index contributed by atoms with van der Waals surface area (Å²) >= 11 is 0. The molecule has 0 aromatic heterocycles. The standard InChI is InChI=1S/C10H21NO/c1-9(2,12)7-8-11-10(3)5-4-6-10/h11-12H,4-8H2,1-3H3. The highest BCUT2D eigenvalue weighted by Gasteiger charge is 2.30. The average Bonchev–Trinajstić information content (AvgIpc) is 1.81. The maximum Gasteiger partial charge on any atom is 0.0603 e. The lowest BCUT2D eigenvalue weighted by Crippen LogP contribution is -2.49. The molecule has 0 amide bonds. The first-order valence-corrected chi connectivity index (χ1v) is 4.89. The van der Waals surface area contributed by atoms with Gasteiger partial charge in [0.25, 0.3) is 0 Å². The van der Waals surface area contributed by atoms with Crippen molar-refractivity contribution < 1.29 is 5.11 Å². The second-order valence-electron chi connectivity index (χ2n) is 4.90. The fraction of sp³-hybridized carbons (Fsp3) is 1.00. The fourth-order valence-corrected chi connectivity index (χ4v) is 1.55. The van der Waals surface area contributed by atoms with Crippen LogP contribution < -0.4 is 5.32 Å². The molecule has 0 aromatic rings. The Morgan fingerprint density at radius 3 is 2.33 bits per heavy atom. The highest BCUT2D eigenvalue weighted by molar-refractivity contribution is 4.91. The van der Waals surface area contributed by atoms with Gasteiger partial charge in [0.1, 0.15) is 0 Å². The Hall–Kier alpha value is -0.0800. The Balaban J connectivity index is 2.10. The summed E-state index contributed by atoms with van der Waals surface area (Å²) < 4.78 is 0. The number of rotatable bonds is 4. The second kappa shape index (κ2) is 3.35. The largest absolute Gasteiger partial charge is 0.390 e. The molecule has 1 rings (SSSR count). The molecule has 72 valence electrons. The van der Waals surface area contributed by atoms with Gasteiger partial charge in [-0.3, -0.25) is 0 Å². The van der Waals surface area contributed by atoms with Crippen molar-refractivity contribution in [1.82, 2.24) is 5.32 Å². The predicted molar refractivity (Wildman–Crippen MR) is 51.2 cm³/mol. The van der Waals surface area contributed by atoms with Crippen LogP contribution in [0.15, 0.2) is 0 Å². The van der Waals surface area contributed by atoms with Gasteiger partial charge in [-0.05, 0) is 53.0 Å². The van der Waals surface area contributed by atoms with Gasteiger partial charge in [-0.1, -0.05) is 0 Å². The third-order valence-corrected chi connectivity index (χ3v) is 2.75. The molecular weight excluding hydrogens is 150 g/mol. The molecule has 2 N–H and O–H groups in total. The minimum absolute atomic E-state index is 0.380. The maximum absolute atomic E-state index is 9.47. The SMILES string of the molecule is CC(C)(O)CCNC1(C)CCC1. The van der Waals surface area contributed by atoms with E-state index in [2.05, 4.69) is 12.2 Å². The summed E-state index contributed by atoms with van der Waals surface area (Å²) in [4.78, 5) is 0. The van der Waals surface area contributed by atoms with E-state index >= 15 is 0 Å². The van der Waals surface area contributed by atoms with E-state index in [-0.39, 0.29) is 0 Å². The van der Waals surface area contributed by atoms with Gasteiger partial charge >= 0.3 is 0 Å². The van der Waals surface area contributed by atoms with E-state index < -0.39 is 5.60 Å². The van der Waals surface area contributed by atoms with Crippen molar-refractivity contribution in [3.8, 4) is 0 Å². The van der Waals surface area contributed by atoms with E-state index in [1.807, 2.05) is 13.8 Å². The Labute approximate surface area is 75.4 Å². The van der Waals surface area contributed by atoms with Crippen LogP contribution in [0.1, 0.15) is 46.5 Å². The molecule has 1 saturated carbocycles. The van der Waals surface area contributed by atoms with Crippen LogP contribution in [0.25, 0.3) is 0 Å². The monoisotopic (exact) mass is 171 g/mol. The number of hydrogen-bond donors (Lipinski definition) is 2. The van der Waals surface area contributed by atoms with Crippen LogP contribution >= 0.6 is 0 Å². The molecule has 1 aliphatic carbocycles. The lowest BCUT2D eigenvalue weighted by molar-refractivity contribution is 0.0655. The van der Waals surface area contributed by atoms with Gasteiger partial charge in [0.05, 0.1) is 5.60 Å². The lowest BCUT2D eigenvalue weighted by Gasteiger charge is -2.40. The molecular formula is C10H21NO. The first-order chi connectivity index (χ1) is 5.41. The van der Waals surface area contributed by atoms with Crippen LogP contribution in [-0.2, 0) is 0 Å². The molecule has 2 heteroatoms. The summed E-state index contributed by atoms with van der Waals surface area (Å²) in [6.45, 7) is 6.91. The molecule has 0 atom stereocenters. The zero-order valence-electron chi connectivity index (χ0n) is 8.48. The summed E-state index contributed by atoms with van der Waals surface area (Å²) in [5.74, 6) is 0. The minimum atomic E-state index is -0.521. The first kappa shape index (κ1) is 10.0. The van der Waals surface area contributed by atoms with E-state index in [1.165, 1.54) is 19.3 Å². The number of hydrogen-bond acceptors (Lipinski definition) is 2. The summed E-state index contributed by atoms with van der Waals surface area (Å²) in [6, 6.07) is 0. The van der Waals surface area contributed by atoms with Gasteiger partial charge in [0.15, 0.2) is 0 Å². The van der Waals surface area contributed by atoms with Crippen molar-refractivity contribution in [2.45, 2.75) is 57.6 Å². The van der Waals surface area contributed by atoms with Gasteiger partial charge in [0.2, 0.25) is 0 Å². The normalized spacial score (nSPS) is 22.0. The second-order valence-corrected chi connectivity index (χ2v) is 4.90. The smallest absolute Gasteiger partial charge is 0.0603 e. The Bertz CT molecular complexity index is 144. The maximum atomic E-state index is 9.47. The van der Waals surface area contributed by atoms with E-state index in [4.69, 9.17) is 0 Å². The molecule has 12 heavy (non-hydrogen) atoms. The third kappa shape index (κ3) is 3.11. The molecule has 0 spiro atoms. The zero-order chi connectivity index (χ0) is 9.24.